The Kier molecular flexibility index (Phi) is 3.49. The van der Waals surface area contributed by atoms with Crippen LogP contribution in [-0.2, 0) is 4.53 Å². The lowest BCUT2D eigenvalue weighted by Gasteiger charge is -2.19. The summed E-state index contributed by atoms with van der Waals surface area (Å²) in [7, 11) is -1.52. The molecule has 0 heterocycles. The molecule has 0 saturated heterocycles. The van der Waals surface area contributed by atoms with Crippen LogP contribution in [0.5, 0.6) is 0 Å². The van der Waals surface area contributed by atoms with Gasteiger partial charge in [0.1, 0.15) is 0 Å². The highest BCUT2D eigenvalue weighted by Crippen LogP contribution is 2.10. The zero-order valence-corrected chi connectivity index (χ0v) is 10.0. The first-order chi connectivity index (χ1) is 6.49. The van der Waals surface area contributed by atoms with Gasteiger partial charge in [-0.2, -0.15) is 0 Å². The van der Waals surface area contributed by atoms with Gasteiger partial charge in [0.05, 0.1) is 5.70 Å². The second-order valence-corrected chi connectivity index (χ2v) is 8.59. The summed E-state index contributed by atoms with van der Waals surface area (Å²) in [5.41, 5.74) is 4.78. The Balaban J connectivity index is 2.52. The molecule has 0 unspecified atom stereocenters. The van der Waals surface area contributed by atoms with E-state index in [1.165, 1.54) is 0 Å². The van der Waals surface area contributed by atoms with Crippen molar-refractivity contribution in [1.29, 1.82) is 0 Å². The van der Waals surface area contributed by atoms with Crippen LogP contribution in [0.4, 0.5) is 0 Å². The molecule has 0 saturated carbocycles. The summed E-state index contributed by atoms with van der Waals surface area (Å²) in [6.07, 6.45) is 0. The summed E-state index contributed by atoms with van der Waals surface area (Å²) in [6.45, 7) is 10.3. The zero-order chi connectivity index (χ0) is 10.6. The van der Waals surface area contributed by atoms with Crippen LogP contribution in [0.2, 0.25) is 19.6 Å². The van der Waals surface area contributed by atoms with E-state index in [1.54, 1.807) is 0 Å². The largest absolute Gasteiger partial charge is 0.323 e. The minimum absolute atomic E-state index is 0.813. The van der Waals surface area contributed by atoms with Crippen molar-refractivity contribution in [2.24, 2.45) is 0 Å². The maximum Gasteiger partial charge on any atom is 0.220 e. The summed E-state index contributed by atoms with van der Waals surface area (Å²) in [5, 5.41) is 0. The first kappa shape index (κ1) is 11.0. The van der Waals surface area contributed by atoms with Crippen LogP contribution in [-0.4, -0.2) is 8.32 Å². The van der Waals surface area contributed by atoms with E-state index in [4.69, 9.17) is 4.53 Å². The predicted octanol–water partition coefficient (Wildman–Crippen LogP) is 3.01. The van der Waals surface area contributed by atoms with Crippen molar-refractivity contribution >= 4 is 14.0 Å². The SMILES string of the molecule is C=C(NO[Si](C)(C)C)c1ccccc1. The lowest BCUT2D eigenvalue weighted by Crippen LogP contribution is -2.32. The molecule has 1 aromatic rings. The Morgan fingerprint density at radius 3 is 2.29 bits per heavy atom. The number of rotatable bonds is 4. The summed E-state index contributed by atoms with van der Waals surface area (Å²) in [4.78, 5) is 0. The van der Waals surface area contributed by atoms with Gasteiger partial charge < -0.3 is 4.53 Å². The van der Waals surface area contributed by atoms with E-state index in [9.17, 15) is 0 Å². The molecular weight excluding hydrogens is 190 g/mol. The van der Waals surface area contributed by atoms with Crippen LogP contribution in [0.1, 0.15) is 5.56 Å². The molecular formula is C11H17NOSi. The molecule has 1 aromatic carbocycles. The highest BCUT2D eigenvalue weighted by molar-refractivity contribution is 6.69. The van der Waals surface area contributed by atoms with Gasteiger partial charge in [0, 0.05) is 0 Å². The quantitative estimate of drug-likeness (QED) is 0.605. The molecule has 1 N–H and O–H groups in total. The van der Waals surface area contributed by atoms with Crippen molar-refractivity contribution in [2.75, 3.05) is 0 Å². The normalized spacial score (nSPS) is 11.1. The molecule has 0 radical (unpaired) electrons. The van der Waals surface area contributed by atoms with Gasteiger partial charge in [-0.05, 0) is 25.2 Å². The Morgan fingerprint density at radius 1 is 1.21 bits per heavy atom. The molecule has 0 aliphatic carbocycles. The van der Waals surface area contributed by atoms with E-state index in [0.29, 0.717) is 0 Å². The molecule has 0 bridgehead atoms. The molecule has 0 amide bonds. The van der Waals surface area contributed by atoms with Crippen molar-refractivity contribution in [3.8, 4) is 0 Å². The smallest absolute Gasteiger partial charge is 0.220 e. The average Bonchev–Trinajstić information content (AvgIpc) is 2.14. The van der Waals surface area contributed by atoms with Crippen LogP contribution < -0.4 is 5.48 Å². The van der Waals surface area contributed by atoms with Gasteiger partial charge in [-0.25, -0.2) is 0 Å². The standard InChI is InChI=1S/C11H17NOSi/c1-10(12-13-14(2,3)4)11-8-6-5-7-9-11/h5-9,12H,1H2,2-4H3. The molecule has 76 valence electrons. The van der Waals surface area contributed by atoms with Crippen molar-refractivity contribution in [3.05, 3.63) is 42.5 Å². The zero-order valence-electron chi connectivity index (χ0n) is 9.00. The van der Waals surface area contributed by atoms with Gasteiger partial charge in [0.2, 0.25) is 8.32 Å². The monoisotopic (exact) mass is 207 g/mol. The van der Waals surface area contributed by atoms with Crippen LogP contribution in [0.15, 0.2) is 36.9 Å². The lowest BCUT2D eigenvalue weighted by atomic mass is 10.2. The molecule has 1 rings (SSSR count). The molecule has 0 spiro atoms. The Labute approximate surface area is 86.7 Å². The summed E-state index contributed by atoms with van der Waals surface area (Å²) >= 11 is 0. The van der Waals surface area contributed by atoms with E-state index in [-0.39, 0.29) is 0 Å². The highest BCUT2D eigenvalue weighted by Gasteiger charge is 2.15. The maximum absolute atomic E-state index is 5.53. The van der Waals surface area contributed by atoms with Crippen LogP contribution in [0, 0.1) is 0 Å². The number of hydrogen-bond acceptors (Lipinski definition) is 2. The van der Waals surface area contributed by atoms with Crippen molar-refractivity contribution < 1.29 is 4.53 Å². The van der Waals surface area contributed by atoms with E-state index < -0.39 is 8.32 Å². The first-order valence-electron chi connectivity index (χ1n) is 4.67. The highest BCUT2D eigenvalue weighted by atomic mass is 28.4. The molecule has 3 heteroatoms. The number of hydroxylamine groups is 1. The number of benzene rings is 1. The summed E-state index contributed by atoms with van der Waals surface area (Å²) in [5.74, 6) is 0. The Hall–Kier alpha value is -1.06. The first-order valence-corrected chi connectivity index (χ1v) is 8.08. The third-order valence-corrected chi connectivity index (χ3v) is 2.32. The van der Waals surface area contributed by atoms with Gasteiger partial charge in [0.25, 0.3) is 0 Å². The van der Waals surface area contributed by atoms with E-state index in [2.05, 4.69) is 31.7 Å². The average molecular weight is 207 g/mol. The van der Waals surface area contributed by atoms with Crippen molar-refractivity contribution in [2.45, 2.75) is 19.6 Å². The van der Waals surface area contributed by atoms with E-state index >= 15 is 0 Å². The van der Waals surface area contributed by atoms with Gasteiger partial charge in [-0.3, -0.25) is 5.48 Å². The molecule has 2 nitrogen and oxygen atoms in total. The summed E-state index contributed by atoms with van der Waals surface area (Å²) < 4.78 is 5.53. The fourth-order valence-electron chi connectivity index (χ4n) is 0.913. The van der Waals surface area contributed by atoms with Crippen LogP contribution >= 0.6 is 0 Å². The fraction of sp³-hybridized carbons (Fsp3) is 0.273. The summed E-state index contributed by atoms with van der Waals surface area (Å²) in [6, 6.07) is 9.95. The van der Waals surface area contributed by atoms with Gasteiger partial charge in [-0.15, -0.1) is 0 Å². The number of nitrogens with one attached hydrogen (secondary N) is 1. The minimum atomic E-state index is -1.52. The Morgan fingerprint density at radius 2 is 1.79 bits per heavy atom. The van der Waals surface area contributed by atoms with Crippen molar-refractivity contribution in [3.63, 3.8) is 0 Å². The van der Waals surface area contributed by atoms with E-state index in [1.807, 2.05) is 30.3 Å². The predicted molar refractivity (Wildman–Crippen MR) is 63.0 cm³/mol. The molecule has 14 heavy (non-hydrogen) atoms. The molecule has 0 atom stereocenters. The molecule has 0 aromatic heterocycles. The fourth-order valence-corrected chi connectivity index (χ4v) is 1.34. The van der Waals surface area contributed by atoms with Gasteiger partial charge in [-0.1, -0.05) is 36.9 Å². The van der Waals surface area contributed by atoms with Gasteiger partial charge in [0.15, 0.2) is 0 Å². The minimum Gasteiger partial charge on any atom is -0.323 e. The van der Waals surface area contributed by atoms with Crippen molar-refractivity contribution in [1.82, 2.24) is 5.48 Å². The molecule has 0 fully saturated rings. The second-order valence-electron chi connectivity index (χ2n) is 4.16. The molecule has 0 aliphatic rings. The Bertz CT molecular complexity index is 303. The third-order valence-electron chi connectivity index (χ3n) is 1.60. The lowest BCUT2D eigenvalue weighted by molar-refractivity contribution is 0.245. The second kappa shape index (κ2) is 4.44. The topological polar surface area (TPSA) is 21.3 Å². The van der Waals surface area contributed by atoms with Crippen LogP contribution in [0.3, 0.4) is 0 Å². The van der Waals surface area contributed by atoms with Crippen LogP contribution in [0.25, 0.3) is 5.70 Å². The maximum atomic E-state index is 5.53. The number of hydrogen-bond donors (Lipinski definition) is 1. The third kappa shape index (κ3) is 3.76. The van der Waals surface area contributed by atoms with Gasteiger partial charge >= 0.3 is 0 Å². The van der Waals surface area contributed by atoms with E-state index in [0.717, 1.165) is 11.3 Å². The molecule has 0 aliphatic heterocycles.